The van der Waals surface area contributed by atoms with Gasteiger partial charge in [0.15, 0.2) is 0 Å². The Morgan fingerprint density at radius 3 is 2.61 bits per heavy atom. The summed E-state index contributed by atoms with van der Waals surface area (Å²) in [5, 5.41) is 19.0. The maximum atomic E-state index is 13.1. The van der Waals surface area contributed by atoms with Gasteiger partial charge in [-0.3, -0.25) is 4.79 Å². The van der Waals surface area contributed by atoms with Crippen molar-refractivity contribution in [2.75, 3.05) is 11.9 Å². The first-order valence-corrected chi connectivity index (χ1v) is 12.6. The first-order chi connectivity index (χ1) is 17.4. The summed E-state index contributed by atoms with van der Waals surface area (Å²) in [4.78, 5) is 13.1. The molecule has 5 nitrogen and oxygen atoms in total. The lowest BCUT2D eigenvalue weighted by molar-refractivity contribution is -0.123. The van der Waals surface area contributed by atoms with Crippen LogP contribution < -0.4 is 16.4 Å². The minimum absolute atomic E-state index is 0.0886. The Labute approximate surface area is 212 Å². The highest BCUT2D eigenvalue weighted by atomic mass is 16.3. The zero-order chi connectivity index (χ0) is 25.2. The molecule has 2 atom stereocenters. The number of hydrogen-bond acceptors (Lipinski definition) is 4. The van der Waals surface area contributed by atoms with Crippen LogP contribution in [0.4, 0.5) is 5.69 Å². The molecule has 5 rings (SSSR count). The van der Waals surface area contributed by atoms with Gasteiger partial charge in [-0.15, -0.1) is 0 Å². The number of benzene rings is 4. The molecule has 4 aromatic rings. The fourth-order valence-corrected chi connectivity index (χ4v) is 5.38. The Balaban J connectivity index is 1.34. The molecule has 0 saturated carbocycles. The fraction of sp³-hybridized carbons (Fsp3) is 0.258. The molecule has 0 radical (unpaired) electrons. The third-order valence-electron chi connectivity index (χ3n) is 7.27. The fourth-order valence-electron chi connectivity index (χ4n) is 5.38. The first kappa shape index (κ1) is 23.9. The Morgan fingerprint density at radius 2 is 1.81 bits per heavy atom. The van der Waals surface area contributed by atoms with Gasteiger partial charge in [0.05, 0.1) is 12.1 Å². The molecule has 1 aliphatic heterocycles. The summed E-state index contributed by atoms with van der Waals surface area (Å²) in [5.41, 5.74) is 13.9. The molecule has 36 heavy (non-hydrogen) atoms. The van der Waals surface area contributed by atoms with Crippen molar-refractivity contribution in [3.63, 3.8) is 0 Å². The van der Waals surface area contributed by atoms with E-state index in [-0.39, 0.29) is 17.7 Å². The molecule has 0 spiro atoms. The molecular formula is C31H33N3O2. The molecule has 4 aromatic carbocycles. The molecule has 184 valence electrons. The molecule has 0 saturated heterocycles. The maximum absolute atomic E-state index is 13.1. The minimum Gasteiger partial charge on any atom is -0.508 e. The molecule has 0 bridgehead atoms. The van der Waals surface area contributed by atoms with Crippen LogP contribution >= 0.6 is 0 Å². The van der Waals surface area contributed by atoms with E-state index in [9.17, 15) is 9.90 Å². The van der Waals surface area contributed by atoms with Crippen LogP contribution in [0, 0.1) is 13.8 Å². The van der Waals surface area contributed by atoms with E-state index in [1.54, 1.807) is 12.1 Å². The van der Waals surface area contributed by atoms with Gasteiger partial charge in [-0.05, 0) is 95.5 Å². The normalized spacial score (nSPS) is 15.7. The summed E-state index contributed by atoms with van der Waals surface area (Å²) < 4.78 is 0. The number of amides is 1. The number of aryl methyl sites for hydroxylation is 2. The summed E-state index contributed by atoms with van der Waals surface area (Å²) >= 11 is 0. The first-order valence-electron chi connectivity index (χ1n) is 12.6. The molecule has 0 aromatic heterocycles. The average molecular weight is 480 g/mol. The van der Waals surface area contributed by atoms with Gasteiger partial charge in [0, 0.05) is 12.2 Å². The van der Waals surface area contributed by atoms with Crippen molar-refractivity contribution < 1.29 is 9.90 Å². The molecule has 0 fully saturated rings. The predicted octanol–water partition coefficient (Wildman–Crippen LogP) is 5.30. The predicted molar refractivity (Wildman–Crippen MR) is 146 cm³/mol. The maximum Gasteiger partial charge on any atom is 0.237 e. The molecular weight excluding hydrogens is 446 g/mol. The number of carbonyl (C=O) groups is 1. The van der Waals surface area contributed by atoms with Gasteiger partial charge >= 0.3 is 0 Å². The largest absolute Gasteiger partial charge is 0.508 e. The van der Waals surface area contributed by atoms with Gasteiger partial charge in [-0.25, -0.2) is 0 Å². The highest BCUT2D eigenvalue weighted by molar-refractivity contribution is 5.86. The van der Waals surface area contributed by atoms with Gasteiger partial charge in [0.25, 0.3) is 0 Å². The number of aromatic hydroxyl groups is 1. The van der Waals surface area contributed by atoms with E-state index in [0.29, 0.717) is 6.42 Å². The highest BCUT2D eigenvalue weighted by Gasteiger charge is 2.25. The average Bonchev–Trinajstić information content (AvgIpc) is 2.86. The topological polar surface area (TPSA) is 87.4 Å². The van der Waals surface area contributed by atoms with E-state index in [1.807, 2.05) is 13.8 Å². The SMILES string of the molecule is Cc1cc(O)cc(C)c1C[C@H](N)C(=O)NC1CCNc2ccc(Cc3cccc4ccccc34)cc21. The van der Waals surface area contributed by atoms with Crippen molar-refractivity contribution >= 4 is 22.4 Å². The zero-order valence-electron chi connectivity index (χ0n) is 20.8. The standard InChI is InChI=1S/C31H33N3O2/c1-19-14-24(35)15-20(2)26(19)18-28(32)31(36)34-30-12-13-33-29-11-10-21(17-27(29)30)16-23-8-5-7-22-6-3-4-9-25(22)23/h3-11,14-15,17,28,30,33,35H,12-13,16,18,32H2,1-2H3,(H,34,36)/t28-,30?/m0/s1. The van der Waals surface area contributed by atoms with Crippen LogP contribution in [0.1, 0.15) is 45.8 Å². The summed E-state index contributed by atoms with van der Waals surface area (Å²) in [5.74, 6) is 0.0802. The van der Waals surface area contributed by atoms with E-state index < -0.39 is 6.04 Å². The molecule has 5 heteroatoms. The Morgan fingerprint density at radius 1 is 1.06 bits per heavy atom. The second-order valence-electron chi connectivity index (χ2n) is 9.88. The molecule has 1 unspecified atom stereocenters. The lowest BCUT2D eigenvalue weighted by atomic mass is 9.92. The summed E-state index contributed by atoms with van der Waals surface area (Å²) in [6.07, 6.45) is 2.07. The second kappa shape index (κ2) is 10.0. The summed E-state index contributed by atoms with van der Waals surface area (Å²) in [6, 6.07) is 24.1. The number of anilines is 1. The molecule has 5 N–H and O–H groups in total. The van der Waals surface area contributed by atoms with Crippen LogP contribution in [0.25, 0.3) is 10.8 Å². The van der Waals surface area contributed by atoms with Crippen LogP contribution in [-0.4, -0.2) is 23.6 Å². The van der Waals surface area contributed by atoms with E-state index in [0.717, 1.165) is 47.3 Å². The number of nitrogens with one attached hydrogen (secondary N) is 2. The van der Waals surface area contributed by atoms with Crippen molar-refractivity contribution in [1.82, 2.24) is 5.32 Å². The lowest BCUT2D eigenvalue weighted by Crippen LogP contribution is -2.44. The van der Waals surface area contributed by atoms with Crippen LogP contribution in [0.3, 0.4) is 0 Å². The summed E-state index contributed by atoms with van der Waals surface area (Å²) in [7, 11) is 0. The second-order valence-corrected chi connectivity index (χ2v) is 9.88. The third-order valence-corrected chi connectivity index (χ3v) is 7.27. The van der Waals surface area contributed by atoms with Crippen molar-refractivity contribution in [2.45, 2.75) is 45.2 Å². The third kappa shape index (κ3) is 4.93. The number of fused-ring (bicyclic) bond motifs is 2. The van der Waals surface area contributed by atoms with Gasteiger partial charge in [-0.2, -0.15) is 0 Å². The van der Waals surface area contributed by atoms with Crippen molar-refractivity contribution in [3.05, 3.63) is 106 Å². The Kier molecular flexibility index (Phi) is 6.66. The Bertz CT molecular complexity index is 1400. The van der Waals surface area contributed by atoms with E-state index in [4.69, 9.17) is 5.73 Å². The van der Waals surface area contributed by atoms with Gasteiger partial charge in [-0.1, -0.05) is 54.6 Å². The van der Waals surface area contributed by atoms with Gasteiger partial charge < -0.3 is 21.5 Å². The minimum atomic E-state index is -0.663. The van der Waals surface area contributed by atoms with E-state index >= 15 is 0 Å². The number of phenols is 1. The van der Waals surface area contributed by atoms with Crippen LogP contribution in [0.2, 0.25) is 0 Å². The van der Waals surface area contributed by atoms with Gasteiger partial charge in [0.2, 0.25) is 5.91 Å². The number of rotatable bonds is 6. The molecule has 1 heterocycles. The number of hydrogen-bond donors (Lipinski definition) is 4. The monoisotopic (exact) mass is 479 g/mol. The smallest absolute Gasteiger partial charge is 0.237 e. The van der Waals surface area contributed by atoms with Crippen molar-refractivity contribution in [1.29, 1.82) is 0 Å². The van der Waals surface area contributed by atoms with E-state index in [1.165, 1.54) is 21.9 Å². The van der Waals surface area contributed by atoms with Crippen molar-refractivity contribution in [3.8, 4) is 5.75 Å². The number of carbonyl (C=O) groups excluding carboxylic acids is 1. The van der Waals surface area contributed by atoms with Gasteiger partial charge in [0.1, 0.15) is 5.75 Å². The van der Waals surface area contributed by atoms with E-state index in [2.05, 4.69) is 71.3 Å². The Hall–Kier alpha value is -3.83. The quantitative estimate of drug-likeness (QED) is 0.302. The molecule has 1 aliphatic rings. The van der Waals surface area contributed by atoms with Crippen LogP contribution in [-0.2, 0) is 17.6 Å². The number of phenolic OH excluding ortho intramolecular Hbond substituents is 1. The molecule has 1 amide bonds. The number of nitrogens with two attached hydrogens (primary N) is 1. The zero-order valence-corrected chi connectivity index (χ0v) is 20.8. The van der Waals surface area contributed by atoms with Crippen LogP contribution in [0.5, 0.6) is 5.75 Å². The lowest BCUT2D eigenvalue weighted by Gasteiger charge is -2.29. The highest BCUT2D eigenvalue weighted by Crippen LogP contribution is 2.32. The van der Waals surface area contributed by atoms with Crippen LogP contribution in [0.15, 0.2) is 72.8 Å². The summed E-state index contributed by atoms with van der Waals surface area (Å²) in [6.45, 7) is 4.67. The van der Waals surface area contributed by atoms with Crippen molar-refractivity contribution in [2.24, 2.45) is 5.73 Å². The molecule has 0 aliphatic carbocycles.